The number of carbonyl (C=O) groups excluding carboxylic acids is 1. The Morgan fingerprint density at radius 2 is 2.12 bits per heavy atom. The van der Waals surface area contributed by atoms with Gasteiger partial charge in [-0.2, -0.15) is 0 Å². The number of halogens is 1. The Labute approximate surface area is 143 Å². The molecule has 4 rings (SSSR count). The van der Waals surface area contributed by atoms with Crippen molar-refractivity contribution in [3.8, 4) is 16.9 Å². The lowest BCUT2D eigenvalue weighted by molar-refractivity contribution is -0.117. The molecule has 122 valence electrons. The maximum Gasteiger partial charge on any atom is 0.228 e. The molecule has 0 unspecified atom stereocenters. The molecule has 1 fully saturated rings. The van der Waals surface area contributed by atoms with Crippen molar-refractivity contribution in [1.29, 1.82) is 0 Å². The summed E-state index contributed by atoms with van der Waals surface area (Å²) in [6, 6.07) is 9.01. The summed E-state index contributed by atoms with van der Waals surface area (Å²) in [4.78, 5) is 16.3. The lowest BCUT2D eigenvalue weighted by Crippen LogP contribution is -2.13. The largest absolute Gasteiger partial charge is 0.508 e. The van der Waals surface area contributed by atoms with Crippen LogP contribution in [-0.2, 0) is 4.79 Å². The molecule has 24 heavy (non-hydrogen) atoms. The number of nitrogens with one attached hydrogen (secondary N) is 1. The van der Waals surface area contributed by atoms with Crippen molar-refractivity contribution < 1.29 is 9.90 Å². The molecule has 1 saturated carbocycles. The number of fused-ring (bicyclic) bond motifs is 1. The molecular formula is C18H16ClN3O2. The van der Waals surface area contributed by atoms with Crippen LogP contribution in [0.25, 0.3) is 16.8 Å². The number of aromatic nitrogens is 2. The quantitative estimate of drug-likeness (QED) is 0.756. The highest BCUT2D eigenvalue weighted by Crippen LogP contribution is 2.33. The molecule has 6 heteroatoms. The van der Waals surface area contributed by atoms with Gasteiger partial charge in [0.2, 0.25) is 5.91 Å². The Morgan fingerprint density at radius 1 is 1.33 bits per heavy atom. The molecule has 5 nitrogen and oxygen atoms in total. The molecule has 3 aromatic rings. The Morgan fingerprint density at radius 3 is 2.88 bits per heavy atom. The number of aromatic hydroxyl groups is 1. The molecule has 1 aliphatic carbocycles. The van der Waals surface area contributed by atoms with Gasteiger partial charge in [0.25, 0.3) is 0 Å². The highest BCUT2D eigenvalue weighted by molar-refractivity contribution is 6.32. The lowest BCUT2D eigenvalue weighted by Gasteiger charge is -2.07. The van der Waals surface area contributed by atoms with E-state index in [-0.39, 0.29) is 17.6 Å². The van der Waals surface area contributed by atoms with Gasteiger partial charge in [-0.25, -0.2) is 4.98 Å². The minimum absolute atomic E-state index is 0.0237. The maximum atomic E-state index is 11.9. The topological polar surface area (TPSA) is 66.6 Å². The molecule has 0 aliphatic heterocycles. The fraction of sp³-hybridized carbons (Fsp3) is 0.222. The second kappa shape index (κ2) is 5.53. The number of anilines is 1. The van der Waals surface area contributed by atoms with E-state index in [1.165, 1.54) is 0 Å². The summed E-state index contributed by atoms with van der Waals surface area (Å²) >= 11 is 6.39. The van der Waals surface area contributed by atoms with Crippen LogP contribution >= 0.6 is 11.6 Å². The van der Waals surface area contributed by atoms with E-state index in [1.54, 1.807) is 16.5 Å². The third-order valence-electron chi connectivity index (χ3n) is 4.28. The zero-order valence-corrected chi connectivity index (χ0v) is 13.8. The molecule has 0 radical (unpaired) electrons. The lowest BCUT2D eigenvalue weighted by atomic mass is 10.0. The second-order valence-electron chi connectivity index (χ2n) is 6.16. The third-order valence-corrected chi connectivity index (χ3v) is 4.64. The summed E-state index contributed by atoms with van der Waals surface area (Å²) < 4.78 is 1.74. The molecule has 0 bridgehead atoms. The Kier molecular flexibility index (Phi) is 3.46. The minimum Gasteiger partial charge on any atom is -0.508 e. The number of carbonyl (C=O) groups is 1. The van der Waals surface area contributed by atoms with Crippen LogP contribution in [0.4, 0.5) is 5.82 Å². The number of amides is 1. The standard InChI is InChI=1S/C18H16ClN3O2/c1-10-2-6-13(23)8-14(10)12-5-7-15-20-17(16(19)22(15)9-12)21-18(24)11-3-4-11/h2,5-9,11,23H,3-4H2,1H3,(H,21,24). The van der Waals surface area contributed by atoms with Gasteiger partial charge in [-0.05, 0) is 60.7 Å². The molecule has 2 heterocycles. The molecule has 2 aromatic heterocycles. The minimum atomic E-state index is -0.0237. The Bertz CT molecular complexity index is 960. The van der Waals surface area contributed by atoms with Crippen LogP contribution < -0.4 is 5.32 Å². The van der Waals surface area contributed by atoms with Crippen molar-refractivity contribution in [2.75, 3.05) is 5.32 Å². The van der Waals surface area contributed by atoms with Gasteiger partial charge in [-0.3, -0.25) is 9.20 Å². The molecule has 0 saturated heterocycles. The van der Waals surface area contributed by atoms with Gasteiger partial charge in [-0.1, -0.05) is 17.7 Å². The smallest absolute Gasteiger partial charge is 0.228 e. The van der Waals surface area contributed by atoms with Crippen molar-refractivity contribution in [1.82, 2.24) is 9.38 Å². The van der Waals surface area contributed by atoms with Gasteiger partial charge in [0.05, 0.1) is 0 Å². The number of aryl methyl sites for hydroxylation is 1. The van der Waals surface area contributed by atoms with Crippen molar-refractivity contribution >= 4 is 29.0 Å². The van der Waals surface area contributed by atoms with E-state index in [0.29, 0.717) is 16.6 Å². The highest BCUT2D eigenvalue weighted by atomic mass is 35.5. The molecular weight excluding hydrogens is 326 g/mol. The summed E-state index contributed by atoms with van der Waals surface area (Å²) in [7, 11) is 0. The number of phenolic OH excluding ortho intramolecular Hbond substituents is 1. The van der Waals surface area contributed by atoms with Crippen LogP contribution in [0.5, 0.6) is 5.75 Å². The van der Waals surface area contributed by atoms with Crippen LogP contribution in [0.1, 0.15) is 18.4 Å². The summed E-state index contributed by atoms with van der Waals surface area (Å²) in [5.74, 6) is 0.670. The van der Waals surface area contributed by atoms with Crippen LogP contribution in [-0.4, -0.2) is 20.4 Å². The van der Waals surface area contributed by atoms with E-state index < -0.39 is 0 Å². The predicted octanol–water partition coefficient (Wildman–Crippen LogP) is 4.02. The fourth-order valence-corrected chi connectivity index (χ4v) is 2.97. The number of pyridine rings is 1. The first-order valence-electron chi connectivity index (χ1n) is 7.81. The molecule has 1 aromatic carbocycles. The number of benzene rings is 1. The number of nitrogens with zero attached hydrogens (tertiary/aromatic N) is 2. The molecule has 1 amide bonds. The molecule has 1 aliphatic rings. The first-order chi connectivity index (χ1) is 11.5. The Balaban J connectivity index is 1.76. The maximum absolute atomic E-state index is 11.9. The van der Waals surface area contributed by atoms with Crippen LogP contribution in [0.3, 0.4) is 0 Å². The average molecular weight is 342 g/mol. The van der Waals surface area contributed by atoms with Crippen LogP contribution in [0.2, 0.25) is 5.15 Å². The number of hydrogen-bond acceptors (Lipinski definition) is 3. The van der Waals surface area contributed by atoms with Crippen LogP contribution in [0, 0.1) is 12.8 Å². The highest BCUT2D eigenvalue weighted by Gasteiger charge is 2.30. The molecule has 0 atom stereocenters. The van der Waals surface area contributed by atoms with Crippen molar-refractivity contribution in [3.05, 3.63) is 47.2 Å². The van der Waals surface area contributed by atoms with Crippen molar-refractivity contribution in [2.24, 2.45) is 5.92 Å². The predicted molar refractivity (Wildman–Crippen MR) is 93.4 cm³/mol. The Hall–Kier alpha value is -2.53. The summed E-state index contributed by atoms with van der Waals surface area (Å²) in [6.07, 6.45) is 3.72. The molecule has 0 spiro atoms. The van der Waals surface area contributed by atoms with E-state index >= 15 is 0 Å². The fourth-order valence-electron chi connectivity index (χ4n) is 2.74. The van der Waals surface area contributed by atoms with E-state index in [0.717, 1.165) is 29.5 Å². The zero-order chi connectivity index (χ0) is 16.8. The number of hydrogen-bond donors (Lipinski definition) is 2. The van der Waals surface area contributed by atoms with Gasteiger partial charge < -0.3 is 10.4 Å². The van der Waals surface area contributed by atoms with Crippen LogP contribution in [0.15, 0.2) is 36.5 Å². The monoisotopic (exact) mass is 341 g/mol. The van der Waals surface area contributed by atoms with Gasteiger partial charge >= 0.3 is 0 Å². The van der Waals surface area contributed by atoms with E-state index in [1.807, 2.05) is 31.3 Å². The number of rotatable bonds is 3. The van der Waals surface area contributed by atoms with Gasteiger partial charge in [-0.15, -0.1) is 0 Å². The first-order valence-corrected chi connectivity index (χ1v) is 8.19. The second-order valence-corrected chi connectivity index (χ2v) is 6.52. The first kappa shape index (κ1) is 15.0. The SMILES string of the molecule is Cc1ccc(O)cc1-c1ccc2nc(NC(=O)C3CC3)c(Cl)n2c1. The van der Waals surface area contributed by atoms with Gasteiger partial charge in [0.15, 0.2) is 11.0 Å². The van der Waals surface area contributed by atoms with Gasteiger partial charge in [0, 0.05) is 12.1 Å². The molecule has 2 N–H and O–H groups in total. The zero-order valence-electron chi connectivity index (χ0n) is 13.1. The number of imidazole rings is 1. The van der Waals surface area contributed by atoms with Crippen molar-refractivity contribution in [2.45, 2.75) is 19.8 Å². The van der Waals surface area contributed by atoms with E-state index in [2.05, 4.69) is 10.3 Å². The van der Waals surface area contributed by atoms with Gasteiger partial charge in [0.1, 0.15) is 11.4 Å². The van der Waals surface area contributed by atoms with E-state index in [9.17, 15) is 9.90 Å². The van der Waals surface area contributed by atoms with E-state index in [4.69, 9.17) is 11.6 Å². The normalized spacial score (nSPS) is 14.1. The summed E-state index contributed by atoms with van der Waals surface area (Å²) in [5.41, 5.74) is 3.54. The summed E-state index contributed by atoms with van der Waals surface area (Å²) in [6.45, 7) is 1.98. The third kappa shape index (κ3) is 2.61. The number of phenols is 1. The van der Waals surface area contributed by atoms with Crippen molar-refractivity contribution in [3.63, 3.8) is 0 Å². The average Bonchev–Trinajstić information content (AvgIpc) is 3.37. The summed E-state index contributed by atoms with van der Waals surface area (Å²) in [5, 5.41) is 12.9.